The Balaban J connectivity index is 1.18. The highest BCUT2D eigenvalue weighted by molar-refractivity contribution is 5.78. The first-order valence-corrected chi connectivity index (χ1v) is 11.2. The van der Waals surface area contributed by atoms with Gasteiger partial charge in [0.15, 0.2) is 6.61 Å². The van der Waals surface area contributed by atoms with Gasteiger partial charge in [-0.1, -0.05) is 24.3 Å². The highest BCUT2D eigenvalue weighted by Crippen LogP contribution is 2.21. The maximum atomic E-state index is 12.1. The van der Waals surface area contributed by atoms with Crippen molar-refractivity contribution in [2.75, 3.05) is 37.7 Å². The van der Waals surface area contributed by atoms with E-state index in [9.17, 15) is 4.79 Å². The largest absolute Gasteiger partial charge is 0.484 e. The first-order valence-electron chi connectivity index (χ1n) is 11.2. The van der Waals surface area contributed by atoms with E-state index in [0.717, 1.165) is 64.2 Å². The molecule has 5 heteroatoms. The van der Waals surface area contributed by atoms with Crippen LogP contribution in [0.5, 0.6) is 5.75 Å². The molecule has 1 amide bonds. The summed E-state index contributed by atoms with van der Waals surface area (Å²) in [6.07, 6.45) is 4.54. The molecule has 4 rings (SSSR count). The van der Waals surface area contributed by atoms with Crippen LogP contribution in [0.4, 0.5) is 5.69 Å². The highest BCUT2D eigenvalue weighted by Gasteiger charge is 2.19. The molecule has 30 heavy (non-hydrogen) atoms. The van der Waals surface area contributed by atoms with Gasteiger partial charge < -0.3 is 19.9 Å². The van der Waals surface area contributed by atoms with Crippen molar-refractivity contribution in [1.29, 1.82) is 0 Å². The Morgan fingerprint density at radius 2 is 1.77 bits per heavy atom. The lowest BCUT2D eigenvalue weighted by Crippen LogP contribution is -2.42. The summed E-state index contributed by atoms with van der Waals surface area (Å²) in [6, 6.07) is 17.4. The van der Waals surface area contributed by atoms with Crippen molar-refractivity contribution in [2.45, 2.75) is 45.2 Å². The number of anilines is 1. The summed E-state index contributed by atoms with van der Waals surface area (Å²) in [6.45, 7) is 7.09. The number of hydrogen-bond donors (Lipinski definition) is 1. The van der Waals surface area contributed by atoms with Crippen LogP contribution in [-0.2, 0) is 11.3 Å². The summed E-state index contributed by atoms with van der Waals surface area (Å²) < 4.78 is 5.67. The molecule has 5 nitrogen and oxygen atoms in total. The molecule has 0 aliphatic carbocycles. The smallest absolute Gasteiger partial charge is 0.260 e. The zero-order chi connectivity index (χ0) is 20.8. The molecule has 1 N–H and O–H groups in total. The molecule has 2 aromatic carbocycles. The number of likely N-dealkylation sites (tertiary alicyclic amines) is 1. The average molecular weight is 408 g/mol. The van der Waals surface area contributed by atoms with Gasteiger partial charge in [0.1, 0.15) is 5.75 Å². The molecule has 2 aliphatic rings. The molecule has 2 aliphatic heterocycles. The monoisotopic (exact) mass is 407 g/mol. The van der Waals surface area contributed by atoms with Gasteiger partial charge in [-0.05, 0) is 68.0 Å². The third-order valence-corrected chi connectivity index (χ3v) is 6.20. The van der Waals surface area contributed by atoms with E-state index in [1.165, 1.54) is 16.8 Å². The van der Waals surface area contributed by atoms with Crippen LogP contribution in [0.2, 0.25) is 0 Å². The number of piperidine rings is 1. The van der Waals surface area contributed by atoms with Crippen LogP contribution in [0.1, 0.15) is 36.8 Å². The van der Waals surface area contributed by atoms with Crippen molar-refractivity contribution in [1.82, 2.24) is 10.2 Å². The zero-order valence-electron chi connectivity index (χ0n) is 18.0. The van der Waals surface area contributed by atoms with Crippen molar-refractivity contribution in [3.63, 3.8) is 0 Å². The maximum absolute atomic E-state index is 12.1. The summed E-state index contributed by atoms with van der Waals surface area (Å²) in [5, 5.41) is 3.70. The Hall–Kier alpha value is -2.53. The molecule has 2 fully saturated rings. The van der Waals surface area contributed by atoms with Gasteiger partial charge in [-0.15, -0.1) is 0 Å². The Morgan fingerprint density at radius 3 is 2.47 bits per heavy atom. The normalized spacial score (nSPS) is 17.4. The lowest BCUT2D eigenvalue weighted by Gasteiger charge is -2.34. The minimum atomic E-state index is 0.0928. The number of ether oxygens (including phenoxy) is 1. The van der Waals surface area contributed by atoms with E-state index in [4.69, 9.17) is 4.74 Å². The number of benzene rings is 2. The van der Waals surface area contributed by atoms with Gasteiger partial charge in [0, 0.05) is 44.5 Å². The number of amides is 1. The van der Waals surface area contributed by atoms with Crippen LogP contribution >= 0.6 is 0 Å². The fraction of sp³-hybridized carbons (Fsp3) is 0.480. The SMILES string of the molecule is Cc1cccc(N2CCC(NCc3ccc(OCC(=O)N4CCCC4)cc3)CC2)c1. The van der Waals surface area contributed by atoms with Crippen LogP contribution in [0, 0.1) is 6.92 Å². The summed E-state index contributed by atoms with van der Waals surface area (Å²) >= 11 is 0. The van der Waals surface area contributed by atoms with Gasteiger partial charge in [0.05, 0.1) is 0 Å². The van der Waals surface area contributed by atoms with E-state index in [0.29, 0.717) is 6.04 Å². The second kappa shape index (κ2) is 9.98. The van der Waals surface area contributed by atoms with E-state index in [1.54, 1.807) is 0 Å². The van der Waals surface area contributed by atoms with Gasteiger partial charge in [0.25, 0.3) is 5.91 Å². The van der Waals surface area contributed by atoms with Crippen molar-refractivity contribution in [2.24, 2.45) is 0 Å². The predicted molar refractivity (Wildman–Crippen MR) is 121 cm³/mol. The zero-order valence-corrected chi connectivity index (χ0v) is 18.0. The van der Waals surface area contributed by atoms with Crippen LogP contribution in [0.3, 0.4) is 0 Å². The maximum Gasteiger partial charge on any atom is 0.260 e. The Kier molecular flexibility index (Phi) is 6.90. The molecule has 0 saturated carbocycles. The Labute approximate surface area is 180 Å². The second-order valence-electron chi connectivity index (χ2n) is 8.50. The quantitative estimate of drug-likeness (QED) is 0.759. The lowest BCUT2D eigenvalue weighted by atomic mass is 10.0. The fourth-order valence-electron chi connectivity index (χ4n) is 4.34. The summed E-state index contributed by atoms with van der Waals surface area (Å²) in [7, 11) is 0. The third kappa shape index (κ3) is 5.54. The van der Waals surface area contributed by atoms with Crippen LogP contribution in [0.25, 0.3) is 0 Å². The number of aryl methyl sites for hydroxylation is 1. The molecular weight excluding hydrogens is 374 g/mol. The third-order valence-electron chi connectivity index (χ3n) is 6.20. The number of rotatable bonds is 7. The van der Waals surface area contributed by atoms with Gasteiger partial charge in [-0.25, -0.2) is 0 Å². The van der Waals surface area contributed by atoms with Crippen molar-refractivity contribution >= 4 is 11.6 Å². The van der Waals surface area contributed by atoms with E-state index in [2.05, 4.69) is 53.5 Å². The van der Waals surface area contributed by atoms with E-state index in [-0.39, 0.29) is 12.5 Å². The van der Waals surface area contributed by atoms with Crippen LogP contribution in [-0.4, -0.2) is 49.6 Å². The van der Waals surface area contributed by atoms with Crippen molar-refractivity contribution in [3.8, 4) is 5.75 Å². The summed E-state index contributed by atoms with van der Waals surface area (Å²) in [5.41, 5.74) is 3.90. The van der Waals surface area contributed by atoms with Crippen molar-refractivity contribution < 1.29 is 9.53 Å². The molecule has 2 heterocycles. The number of carbonyl (C=O) groups is 1. The van der Waals surface area contributed by atoms with Crippen LogP contribution < -0.4 is 15.0 Å². The molecule has 160 valence electrons. The summed E-state index contributed by atoms with van der Waals surface area (Å²) in [5.74, 6) is 0.855. The van der Waals surface area contributed by atoms with Gasteiger partial charge in [-0.3, -0.25) is 4.79 Å². The molecule has 0 aromatic heterocycles. The second-order valence-corrected chi connectivity index (χ2v) is 8.50. The minimum Gasteiger partial charge on any atom is -0.484 e. The number of carbonyl (C=O) groups excluding carboxylic acids is 1. The number of nitrogens with one attached hydrogen (secondary N) is 1. The lowest BCUT2D eigenvalue weighted by molar-refractivity contribution is -0.132. The topological polar surface area (TPSA) is 44.8 Å². The minimum absolute atomic E-state index is 0.0928. The first kappa shape index (κ1) is 20.7. The van der Waals surface area contributed by atoms with E-state index < -0.39 is 0 Å². The molecular formula is C25H33N3O2. The molecule has 2 saturated heterocycles. The molecule has 0 bridgehead atoms. The van der Waals surface area contributed by atoms with Crippen LogP contribution in [0.15, 0.2) is 48.5 Å². The van der Waals surface area contributed by atoms with E-state index >= 15 is 0 Å². The van der Waals surface area contributed by atoms with E-state index in [1.807, 2.05) is 17.0 Å². The van der Waals surface area contributed by atoms with Gasteiger partial charge in [0.2, 0.25) is 0 Å². The molecule has 0 radical (unpaired) electrons. The molecule has 0 unspecified atom stereocenters. The number of hydrogen-bond acceptors (Lipinski definition) is 4. The predicted octanol–water partition coefficient (Wildman–Crippen LogP) is 3.75. The standard InChI is InChI=1S/C25H33N3O2/c1-20-5-4-6-23(17-20)27-15-11-22(12-16-27)26-18-21-7-9-24(10-8-21)30-19-25(29)28-13-2-3-14-28/h4-10,17,22,26H,2-3,11-16,18-19H2,1H3. The number of nitrogens with zero attached hydrogens (tertiary/aromatic N) is 2. The Morgan fingerprint density at radius 1 is 1.03 bits per heavy atom. The average Bonchev–Trinajstić information content (AvgIpc) is 3.32. The molecule has 0 spiro atoms. The molecule has 2 aromatic rings. The van der Waals surface area contributed by atoms with Gasteiger partial charge >= 0.3 is 0 Å². The highest BCUT2D eigenvalue weighted by atomic mass is 16.5. The van der Waals surface area contributed by atoms with Crippen molar-refractivity contribution in [3.05, 3.63) is 59.7 Å². The first-order chi connectivity index (χ1) is 14.7. The van der Waals surface area contributed by atoms with Gasteiger partial charge in [-0.2, -0.15) is 0 Å². The summed E-state index contributed by atoms with van der Waals surface area (Å²) in [4.78, 5) is 16.5. The fourth-order valence-corrected chi connectivity index (χ4v) is 4.34. The molecule has 0 atom stereocenters. The Bertz CT molecular complexity index is 823.